The molecule has 3 rings (SSSR count). The fourth-order valence-electron chi connectivity index (χ4n) is 2.76. The third-order valence-corrected chi connectivity index (χ3v) is 4.47. The zero-order valence-electron chi connectivity index (χ0n) is 14.1. The minimum absolute atomic E-state index is 0.517. The molecule has 0 bridgehead atoms. The van der Waals surface area contributed by atoms with E-state index in [0.717, 1.165) is 43.4 Å². The monoisotopic (exact) mass is 346 g/mol. The number of halogens is 1. The molecule has 2 heterocycles. The van der Waals surface area contributed by atoms with Gasteiger partial charge in [0.25, 0.3) is 0 Å². The van der Waals surface area contributed by atoms with Gasteiger partial charge in [-0.1, -0.05) is 23.7 Å². The Hall–Kier alpha value is -1.98. The number of anilines is 2. The minimum atomic E-state index is 0.517. The van der Waals surface area contributed by atoms with Gasteiger partial charge in [0.2, 0.25) is 0 Å². The lowest BCUT2D eigenvalue weighted by atomic mass is 10.2. The first-order valence-corrected chi connectivity index (χ1v) is 8.50. The van der Waals surface area contributed by atoms with E-state index >= 15 is 0 Å². The summed E-state index contributed by atoms with van der Waals surface area (Å²) in [6.45, 7) is 4.84. The number of hydrogen-bond donors (Lipinski definition) is 1. The Balaban J connectivity index is 1.66. The smallest absolute Gasteiger partial charge is 0.133 e. The predicted molar refractivity (Wildman–Crippen MR) is 99.3 cm³/mol. The van der Waals surface area contributed by atoms with Crippen LogP contribution in [0.5, 0.6) is 5.75 Å². The van der Waals surface area contributed by atoms with Crippen molar-refractivity contribution < 1.29 is 4.74 Å². The first-order chi connectivity index (χ1) is 11.6. The minimum Gasteiger partial charge on any atom is -0.497 e. The largest absolute Gasteiger partial charge is 0.497 e. The molecular formula is C18H23ClN4O. The number of benzene rings is 1. The van der Waals surface area contributed by atoms with E-state index in [2.05, 4.69) is 33.2 Å². The molecule has 0 aliphatic carbocycles. The Morgan fingerprint density at radius 2 is 1.83 bits per heavy atom. The quantitative estimate of drug-likeness (QED) is 0.842. The molecule has 128 valence electrons. The van der Waals surface area contributed by atoms with Crippen molar-refractivity contribution >= 4 is 23.1 Å². The zero-order chi connectivity index (χ0) is 16.9. The fourth-order valence-corrected chi connectivity index (χ4v) is 2.96. The van der Waals surface area contributed by atoms with Crippen LogP contribution < -0.4 is 15.0 Å². The maximum absolute atomic E-state index is 6.21. The average molecular weight is 347 g/mol. The summed E-state index contributed by atoms with van der Waals surface area (Å²) in [4.78, 5) is 9.07. The molecule has 6 heteroatoms. The van der Waals surface area contributed by atoms with Gasteiger partial charge in [-0.15, -0.1) is 0 Å². The number of rotatable bonds is 5. The second-order valence-electron chi connectivity index (χ2n) is 6.03. The van der Waals surface area contributed by atoms with Gasteiger partial charge in [-0.25, -0.2) is 4.98 Å². The van der Waals surface area contributed by atoms with Gasteiger partial charge in [-0.2, -0.15) is 0 Å². The van der Waals surface area contributed by atoms with E-state index < -0.39 is 0 Å². The van der Waals surface area contributed by atoms with Crippen LogP contribution in [0.4, 0.5) is 11.5 Å². The van der Waals surface area contributed by atoms with E-state index in [-0.39, 0.29) is 0 Å². The molecule has 1 saturated heterocycles. The topological polar surface area (TPSA) is 40.6 Å². The van der Waals surface area contributed by atoms with Crippen molar-refractivity contribution in [2.24, 2.45) is 0 Å². The van der Waals surface area contributed by atoms with Crippen LogP contribution in [0.2, 0.25) is 5.15 Å². The van der Waals surface area contributed by atoms with Crippen LogP contribution in [0.25, 0.3) is 0 Å². The second kappa shape index (κ2) is 7.73. The van der Waals surface area contributed by atoms with Crippen molar-refractivity contribution in [3.05, 3.63) is 47.1 Å². The molecule has 0 saturated carbocycles. The summed E-state index contributed by atoms with van der Waals surface area (Å²) in [5.74, 6) is 1.66. The second-order valence-corrected chi connectivity index (χ2v) is 6.41. The highest BCUT2D eigenvalue weighted by Gasteiger charge is 2.15. The van der Waals surface area contributed by atoms with Crippen LogP contribution in [-0.4, -0.2) is 50.2 Å². The Morgan fingerprint density at radius 3 is 2.50 bits per heavy atom. The van der Waals surface area contributed by atoms with Crippen LogP contribution in [0.1, 0.15) is 5.56 Å². The summed E-state index contributed by atoms with van der Waals surface area (Å²) < 4.78 is 5.18. The number of likely N-dealkylation sites (N-methyl/N-ethyl adjacent to an activating group) is 1. The lowest BCUT2D eigenvalue weighted by molar-refractivity contribution is 0.313. The number of ether oxygens (including phenoxy) is 1. The molecule has 0 unspecified atom stereocenters. The molecule has 0 amide bonds. The number of piperazine rings is 1. The number of nitrogens with one attached hydrogen (secondary N) is 1. The molecule has 0 radical (unpaired) electrons. The third-order valence-electron chi connectivity index (χ3n) is 4.28. The average Bonchev–Trinajstić information content (AvgIpc) is 2.60. The standard InChI is InChI=1S/C18H23ClN4O/c1-22-7-9-23(10-8-22)15-11-17(19)21-18(12-15)20-13-14-3-5-16(24-2)6-4-14/h3-6,11-12H,7-10,13H2,1-2H3,(H,20,21). The van der Waals surface area contributed by atoms with Crippen LogP contribution in [0.3, 0.4) is 0 Å². The maximum atomic E-state index is 6.21. The molecule has 1 aromatic heterocycles. The van der Waals surface area contributed by atoms with Crippen molar-refractivity contribution in [3.8, 4) is 5.75 Å². The number of pyridine rings is 1. The van der Waals surface area contributed by atoms with Crippen LogP contribution in [-0.2, 0) is 6.54 Å². The molecule has 5 nitrogen and oxygen atoms in total. The van der Waals surface area contributed by atoms with Crippen LogP contribution in [0.15, 0.2) is 36.4 Å². The van der Waals surface area contributed by atoms with Crippen LogP contribution in [0, 0.1) is 0 Å². The summed E-state index contributed by atoms with van der Waals surface area (Å²) in [7, 11) is 3.82. The van der Waals surface area contributed by atoms with Crippen molar-refractivity contribution in [3.63, 3.8) is 0 Å². The molecule has 1 aliphatic heterocycles. The molecular weight excluding hydrogens is 324 g/mol. The fraction of sp³-hybridized carbons (Fsp3) is 0.389. The van der Waals surface area contributed by atoms with E-state index in [1.807, 2.05) is 30.3 Å². The van der Waals surface area contributed by atoms with Crippen molar-refractivity contribution in [2.75, 3.05) is 50.6 Å². The Kier molecular flexibility index (Phi) is 5.43. The Bertz CT molecular complexity index is 669. The van der Waals surface area contributed by atoms with E-state index in [1.54, 1.807) is 7.11 Å². The molecule has 1 fully saturated rings. The van der Waals surface area contributed by atoms with Gasteiger partial charge in [0, 0.05) is 44.5 Å². The predicted octanol–water partition coefficient (Wildman–Crippen LogP) is 3.11. The van der Waals surface area contributed by atoms with Crippen molar-refractivity contribution in [1.29, 1.82) is 0 Å². The molecule has 1 aromatic carbocycles. The summed E-state index contributed by atoms with van der Waals surface area (Å²) in [6, 6.07) is 12.0. The SMILES string of the molecule is COc1ccc(CNc2cc(N3CCN(C)CC3)cc(Cl)n2)cc1. The van der Waals surface area contributed by atoms with Gasteiger partial charge in [-0.3, -0.25) is 0 Å². The lowest BCUT2D eigenvalue weighted by Gasteiger charge is -2.34. The van der Waals surface area contributed by atoms with Gasteiger partial charge in [-0.05, 0) is 30.8 Å². The molecule has 0 atom stereocenters. The molecule has 1 N–H and O–H groups in total. The number of aromatic nitrogens is 1. The summed E-state index contributed by atoms with van der Waals surface area (Å²) in [5.41, 5.74) is 2.29. The normalized spacial score (nSPS) is 15.4. The zero-order valence-corrected chi connectivity index (χ0v) is 14.9. The molecule has 24 heavy (non-hydrogen) atoms. The van der Waals surface area contributed by atoms with E-state index in [9.17, 15) is 0 Å². The van der Waals surface area contributed by atoms with E-state index in [4.69, 9.17) is 16.3 Å². The summed E-state index contributed by atoms with van der Waals surface area (Å²) in [6.07, 6.45) is 0. The van der Waals surface area contributed by atoms with Gasteiger partial charge < -0.3 is 19.9 Å². The number of nitrogens with zero attached hydrogens (tertiary/aromatic N) is 3. The van der Waals surface area contributed by atoms with Gasteiger partial charge in [0.05, 0.1) is 7.11 Å². The molecule has 2 aromatic rings. The highest BCUT2D eigenvalue weighted by molar-refractivity contribution is 6.29. The summed E-state index contributed by atoms with van der Waals surface area (Å²) >= 11 is 6.21. The third kappa shape index (κ3) is 4.30. The maximum Gasteiger partial charge on any atom is 0.133 e. The number of hydrogen-bond acceptors (Lipinski definition) is 5. The Morgan fingerprint density at radius 1 is 1.12 bits per heavy atom. The highest BCUT2D eigenvalue weighted by atomic mass is 35.5. The summed E-state index contributed by atoms with van der Waals surface area (Å²) in [5, 5.41) is 3.87. The van der Waals surface area contributed by atoms with Gasteiger partial charge in [0.15, 0.2) is 0 Å². The van der Waals surface area contributed by atoms with Crippen molar-refractivity contribution in [1.82, 2.24) is 9.88 Å². The van der Waals surface area contributed by atoms with Gasteiger partial charge >= 0.3 is 0 Å². The number of methoxy groups -OCH3 is 1. The van der Waals surface area contributed by atoms with E-state index in [1.165, 1.54) is 5.56 Å². The molecule has 1 aliphatic rings. The van der Waals surface area contributed by atoms with Crippen LogP contribution >= 0.6 is 11.6 Å². The Labute approximate surface area is 148 Å². The first kappa shape index (κ1) is 16.9. The van der Waals surface area contributed by atoms with Gasteiger partial charge in [0.1, 0.15) is 16.7 Å². The first-order valence-electron chi connectivity index (χ1n) is 8.12. The van der Waals surface area contributed by atoms with E-state index in [0.29, 0.717) is 11.7 Å². The highest BCUT2D eigenvalue weighted by Crippen LogP contribution is 2.24. The van der Waals surface area contributed by atoms with Crippen molar-refractivity contribution in [2.45, 2.75) is 6.54 Å². The molecule has 0 spiro atoms. The lowest BCUT2D eigenvalue weighted by Crippen LogP contribution is -2.44.